The van der Waals surface area contributed by atoms with Crippen molar-refractivity contribution in [2.24, 2.45) is 0 Å². The zero-order valence-electron chi connectivity index (χ0n) is 9.66. The predicted molar refractivity (Wildman–Crippen MR) is 68.8 cm³/mol. The van der Waals surface area contributed by atoms with Crippen LogP contribution in [-0.4, -0.2) is 25.4 Å². The molecule has 0 saturated heterocycles. The van der Waals surface area contributed by atoms with Crippen LogP contribution in [0.4, 0.5) is 11.5 Å². The van der Waals surface area contributed by atoms with E-state index in [1.54, 1.807) is 31.4 Å². The predicted octanol–water partition coefficient (Wildman–Crippen LogP) is 1.32. The lowest BCUT2D eigenvalue weighted by Crippen LogP contribution is -2.15. The van der Waals surface area contributed by atoms with Crippen molar-refractivity contribution in [3.63, 3.8) is 0 Å². The van der Waals surface area contributed by atoms with Gasteiger partial charge in [-0.25, -0.2) is 13.4 Å². The van der Waals surface area contributed by atoms with Crippen LogP contribution in [0.5, 0.6) is 0 Å². The van der Waals surface area contributed by atoms with Gasteiger partial charge in [0.2, 0.25) is 0 Å². The van der Waals surface area contributed by atoms with E-state index in [0.29, 0.717) is 11.5 Å². The summed E-state index contributed by atoms with van der Waals surface area (Å²) in [7, 11) is -2.05. The number of nitrogens with one attached hydrogen (secondary N) is 2. The van der Waals surface area contributed by atoms with Crippen LogP contribution in [0, 0.1) is 0 Å². The van der Waals surface area contributed by atoms with Crippen molar-refractivity contribution in [2.45, 2.75) is 4.90 Å². The zero-order chi connectivity index (χ0) is 13.0. The van der Waals surface area contributed by atoms with Gasteiger partial charge in [-0.05, 0) is 24.3 Å². The van der Waals surface area contributed by atoms with Crippen LogP contribution in [-0.2, 0) is 10.0 Å². The maximum Gasteiger partial charge on any atom is 0.265 e. The Labute approximate surface area is 105 Å². The summed E-state index contributed by atoms with van der Waals surface area (Å²) >= 11 is 0. The molecule has 0 amide bonds. The van der Waals surface area contributed by atoms with Crippen LogP contribution >= 0.6 is 0 Å². The second kappa shape index (κ2) is 5.01. The smallest absolute Gasteiger partial charge is 0.265 e. The Kier molecular flexibility index (Phi) is 3.42. The first-order valence-corrected chi connectivity index (χ1v) is 6.67. The average Bonchev–Trinajstić information content (AvgIpc) is 2.39. The van der Waals surface area contributed by atoms with Gasteiger partial charge in [0.1, 0.15) is 10.7 Å². The van der Waals surface area contributed by atoms with Crippen LogP contribution in [0.25, 0.3) is 0 Å². The van der Waals surface area contributed by atoms with Gasteiger partial charge in [0, 0.05) is 19.4 Å². The lowest BCUT2D eigenvalue weighted by molar-refractivity contribution is 0.601. The summed E-state index contributed by atoms with van der Waals surface area (Å²) in [6.07, 6.45) is 4.53. The van der Waals surface area contributed by atoms with Crippen molar-refractivity contribution in [1.29, 1.82) is 0 Å². The summed E-state index contributed by atoms with van der Waals surface area (Å²) in [5.74, 6) is 0.300. The molecule has 0 fully saturated rings. The summed E-state index contributed by atoms with van der Waals surface area (Å²) < 4.78 is 26.8. The van der Waals surface area contributed by atoms with E-state index in [2.05, 4.69) is 20.0 Å². The molecule has 7 heteroatoms. The molecule has 0 atom stereocenters. The van der Waals surface area contributed by atoms with E-state index in [1.165, 1.54) is 18.5 Å². The lowest BCUT2D eigenvalue weighted by Gasteiger charge is -2.10. The van der Waals surface area contributed by atoms with E-state index < -0.39 is 10.0 Å². The van der Waals surface area contributed by atoms with E-state index >= 15 is 0 Å². The topological polar surface area (TPSA) is 84.0 Å². The van der Waals surface area contributed by atoms with Crippen molar-refractivity contribution >= 4 is 21.5 Å². The molecular weight excluding hydrogens is 252 g/mol. The number of pyridine rings is 2. The third-order valence-electron chi connectivity index (χ3n) is 2.21. The number of sulfonamides is 1. The third-order valence-corrected chi connectivity index (χ3v) is 3.62. The summed E-state index contributed by atoms with van der Waals surface area (Å²) in [5.41, 5.74) is 0.406. The molecule has 0 aliphatic heterocycles. The highest BCUT2D eigenvalue weighted by Crippen LogP contribution is 2.20. The zero-order valence-corrected chi connectivity index (χ0v) is 10.5. The number of aromatic nitrogens is 2. The number of anilines is 2. The molecule has 2 aromatic heterocycles. The van der Waals surface area contributed by atoms with Crippen molar-refractivity contribution in [1.82, 2.24) is 9.97 Å². The minimum Gasteiger partial charge on any atom is -0.372 e. The molecule has 0 saturated carbocycles. The second-order valence-electron chi connectivity index (χ2n) is 3.45. The Morgan fingerprint density at radius 2 is 1.94 bits per heavy atom. The number of hydrogen-bond donors (Lipinski definition) is 2. The van der Waals surface area contributed by atoms with Crippen LogP contribution in [0.2, 0.25) is 0 Å². The largest absolute Gasteiger partial charge is 0.372 e. The molecule has 18 heavy (non-hydrogen) atoms. The Bertz CT molecular complexity index is 629. The van der Waals surface area contributed by atoms with Crippen molar-refractivity contribution in [2.75, 3.05) is 17.1 Å². The third kappa shape index (κ3) is 2.57. The lowest BCUT2D eigenvalue weighted by atomic mass is 10.4. The SMILES string of the molecule is CNc1ncccc1S(=O)(=O)Nc1cccnc1. The van der Waals surface area contributed by atoms with Gasteiger partial charge >= 0.3 is 0 Å². The molecule has 2 rings (SSSR count). The molecule has 0 radical (unpaired) electrons. The highest BCUT2D eigenvalue weighted by Gasteiger charge is 2.18. The van der Waals surface area contributed by atoms with E-state index in [0.717, 1.165) is 0 Å². The quantitative estimate of drug-likeness (QED) is 0.870. The Morgan fingerprint density at radius 1 is 1.17 bits per heavy atom. The molecule has 6 nitrogen and oxygen atoms in total. The normalized spacial score (nSPS) is 10.9. The van der Waals surface area contributed by atoms with Gasteiger partial charge in [0.15, 0.2) is 0 Å². The van der Waals surface area contributed by atoms with E-state index in [1.807, 2.05) is 0 Å². The van der Waals surface area contributed by atoms with Gasteiger partial charge in [-0.1, -0.05) is 0 Å². The monoisotopic (exact) mass is 264 g/mol. The fourth-order valence-electron chi connectivity index (χ4n) is 1.43. The van der Waals surface area contributed by atoms with Gasteiger partial charge in [0.05, 0.1) is 11.9 Å². The highest BCUT2D eigenvalue weighted by molar-refractivity contribution is 7.92. The molecule has 0 bridgehead atoms. The van der Waals surface area contributed by atoms with Gasteiger partial charge < -0.3 is 5.32 Å². The Balaban J connectivity index is 2.37. The Hall–Kier alpha value is -2.15. The standard InChI is InChI=1S/C11H12N4O2S/c1-12-11-10(5-3-7-14-11)18(16,17)15-9-4-2-6-13-8-9/h2-8,15H,1H3,(H,12,14). The summed E-state index contributed by atoms with van der Waals surface area (Å²) in [4.78, 5) is 7.90. The van der Waals surface area contributed by atoms with Gasteiger partial charge in [-0.15, -0.1) is 0 Å². The summed E-state index contributed by atoms with van der Waals surface area (Å²) in [6.45, 7) is 0. The number of rotatable bonds is 4. The molecule has 0 aliphatic rings. The fourth-order valence-corrected chi connectivity index (χ4v) is 2.64. The first kappa shape index (κ1) is 12.3. The molecule has 0 aliphatic carbocycles. The molecule has 2 heterocycles. The first-order chi connectivity index (χ1) is 8.63. The molecule has 0 aromatic carbocycles. The van der Waals surface area contributed by atoms with Crippen LogP contribution in [0.1, 0.15) is 0 Å². The van der Waals surface area contributed by atoms with Crippen molar-refractivity contribution < 1.29 is 8.42 Å². The second-order valence-corrected chi connectivity index (χ2v) is 5.10. The first-order valence-electron chi connectivity index (χ1n) is 5.19. The van der Waals surface area contributed by atoms with Gasteiger partial charge in [-0.3, -0.25) is 9.71 Å². The molecule has 2 aromatic rings. The summed E-state index contributed by atoms with van der Waals surface area (Å²) in [6, 6.07) is 6.33. The van der Waals surface area contributed by atoms with E-state index in [4.69, 9.17) is 0 Å². The van der Waals surface area contributed by atoms with Crippen LogP contribution in [0.15, 0.2) is 47.8 Å². The fraction of sp³-hybridized carbons (Fsp3) is 0.0909. The minimum atomic E-state index is -3.67. The van der Waals surface area contributed by atoms with Gasteiger partial charge in [-0.2, -0.15) is 0 Å². The summed E-state index contributed by atoms with van der Waals surface area (Å²) in [5, 5.41) is 2.74. The molecular formula is C11H12N4O2S. The van der Waals surface area contributed by atoms with Crippen LogP contribution < -0.4 is 10.0 Å². The number of hydrogen-bond acceptors (Lipinski definition) is 5. The molecule has 0 spiro atoms. The number of nitrogens with zero attached hydrogens (tertiary/aromatic N) is 2. The molecule has 94 valence electrons. The van der Waals surface area contributed by atoms with Crippen LogP contribution in [0.3, 0.4) is 0 Å². The van der Waals surface area contributed by atoms with Gasteiger partial charge in [0.25, 0.3) is 10.0 Å². The van der Waals surface area contributed by atoms with Crippen molar-refractivity contribution in [3.8, 4) is 0 Å². The maximum absolute atomic E-state index is 12.2. The maximum atomic E-state index is 12.2. The highest BCUT2D eigenvalue weighted by atomic mass is 32.2. The molecule has 0 unspecified atom stereocenters. The average molecular weight is 264 g/mol. The minimum absolute atomic E-state index is 0.0938. The van der Waals surface area contributed by atoms with Crippen molar-refractivity contribution in [3.05, 3.63) is 42.9 Å². The molecule has 2 N–H and O–H groups in total. The van der Waals surface area contributed by atoms with E-state index in [-0.39, 0.29) is 4.90 Å². The Morgan fingerprint density at radius 3 is 2.61 bits per heavy atom. The van der Waals surface area contributed by atoms with E-state index in [9.17, 15) is 8.42 Å².